The van der Waals surface area contributed by atoms with Crippen molar-refractivity contribution < 1.29 is 4.74 Å². The highest BCUT2D eigenvalue weighted by atomic mass is 16.5. The van der Waals surface area contributed by atoms with Gasteiger partial charge in [-0.3, -0.25) is 0 Å². The monoisotopic (exact) mass is 444 g/mol. The lowest BCUT2D eigenvalue weighted by molar-refractivity contribution is 0.487. The minimum atomic E-state index is 0.914. The summed E-state index contributed by atoms with van der Waals surface area (Å²) in [5.74, 6) is 1.85. The molecule has 0 atom stereocenters. The van der Waals surface area contributed by atoms with E-state index in [1.165, 1.54) is 59.8 Å². The van der Waals surface area contributed by atoms with Crippen molar-refractivity contribution in [1.29, 1.82) is 0 Å². The van der Waals surface area contributed by atoms with Crippen molar-refractivity contribution in [3.63, 3.8) is 0 Å². The number of rotatable bonds is 1. The number of hydrogen-bond donors (Lipinski definition) is 0. The molecule has 35 heavy (non-hydrogen) atoms. The van der Waals surface area contributed by atoms with Crippen LogP contribution in [0, 0.1) is 0 Å². The van der Waals surface area contributed by atoms with E-state index in [0.29, 0.717) is 0 Å². The molecule has 1 aliphatic heterocycles. The predicted octanol–water partition coefficient (Wildman–Crippen LogP) is 9.74. The number of hydrogen-bond acceptors (Lipinski definition) is 1. The van der Waals surface area contributed by atoms with Gasteiger partial charge in [0, 0.05) is 10.9 Å². The van der Waals surface area contributed by atoms with E-state index in [4.69, 9.17) is 4.74 Å². The summed E-state index contributed by atoms with van der Waals surface area (Å²) in [7, 11) is 0. The van der Waals surface area contributed by atoms with E-state index < -0.39 is 0 Å². The van der Waals surface area contributed by atoms with Gasteiger partial charge in [-0.25, -0.2) is 0 Å². The second-order valence-electron chi connectivity index (χ2n) is 9.36. The zero-order chi connectivity index (χ0) is 22.9. The van der Waals surface area contributed by atoms with Crippen LogP contribution < -0.4 is 4.74 Å². The summed E-state index contributed by atoms with van der Waals surface area (Å²) in [5, 5.41) is 10.1. The van der Waals surface area contributed by atoms with Gasteiger partial charge in [-0.05, 0) is 84.7 Å². The van der Waals surface area contributed by atoms with Crippen LogP contribution in [0.15, 0.2) is 121 Å². The summed E-state index contributed by atoms with van der Waals surface area (Å²) in [4.78, 5) is 0. The molecule has 0 N–H and O–H groups in total. The molecule has 0 spiro atoms. The molecule has 0 amide bonds. The first kappa shape index (κ1) is 18.8. The number of fused-ring (bicyclic) bond motifs is 6. The molecule has 0 unspecified atom stereocenters. The maximum atomic E-state index is 6.33. The summed E-state index contributed by atoms with van der Waals surface area (Å²) >= 11 is 0. The Morgan fingerprint density at radius 2 is 1.14 bits per heavy atom. The number of ether oxygens (including phenoxy) is 1. The second kappa shape index (κ2) is 6.94. The zero-order valence-corrected chi connectivity index (χ0v) is 19.0. The highest BCUT2D eigenvalue weighted by Crippen LogP contribution is 2.48. The van der Waals surface area contributed by atoms with Gasteiger partial charge in [-0.1, -0.05) is 91.0 Å². The van der Waals surface area contributed by atoms with Crippen LogP contribution in [0.2, 0.25) is 0 Å². The fourth-order valence-electron chi connectivity index (χ4n) is 5.77. The summed E-state index contributed by atoms with van der Waals surface area (Å²) < 4.78 is 6.33. The molecule has 7 aromatic carbocycles. The van der Waals surface area contributed by atoms with Gasteiger partial charge in [0.25, 0.3) is 0 Å². The van der Waals surface area contributed by atoms with E-state index in [1.807, 2.05) is 0 Å². The molecular formula is C34H20O. The van der Waals surface area contributed by atoms with Gasteiger partial charge in [0.05, 0.1) is 0 Å². The molecule has 1 aliphatic rings. The van der Waals surface area contributed by atoms with Crippen LogP contribution in [-0.2, 0) is 0 Å². The largest absolute Gasteiger partial charge is 0.456 e. The smallest absolute Gasteiger partial charge is 0.135 e. The normalized spacial score (nSPS) is 12.2. The third-order valence-electron chi connectivity index (χ3n) is 7.41. The van der Waals surface area contributed by atoms with Gasteiger partial charge < -0.3 is 4.74 Å². The van der Waals surface area contributed by atoms with Gasteiger partial charge in [0.2, 0.25) is 0 Å². The lowest BCUT2D eigenvalue weighted by Gasteiger charge is -2.22. The average Bonchev–Trinajstić information content (AvgIpc) is 2.92. The fourth-order valence-corrected chi connectivity index (χ4v) is 5.77. The minimum Gasteiger partial charge on any atom is -0.456 e. The summed E-state index contributed by atoms with van der Waals surface area (Å²) in [6, 6.07) is 43.8. The molecular weight excluding hydrogens is 424 g/mol. The molecule has 0 radical (unpaired) electrons. The summed E-state index contributed by atoms with van der Waals surface area (Å²) in [6.07, 6.45) is 0. The van der Waals surface area contributed by atoms with Crippen LogP contribution in [0.1, 0.15) is 0 Å². The predicted molar refractivity (Wildman–Crippen MR) is 147 cm³/mol. The fraction of sp³-hybridized carbons (Fsp3) is 0. The van der Waals surface area contributed by atoms with E-state index in [9.17, 15) is 0 Å². The van der Waals surface area contributed by atoms with E-state index >= 15 is 0 Å². The maximum Gasteiger partial charge on any atom is 0.135 e. The molecule has 7 aromatic rings. The SMILES string of the molecule is c1ccc2cc3c(ccc4c(-c5ccc6c(c5)-c5cccc7cccc(c57)O6)cccc43)cc2c1. The summed E-state index contributed by atoms with van der Waals surface area (Å²) in [5.41, 5.74) is 4.83. The van der Waals surface area contributed by atoms with Crippen LogP contribution in [0.25, 0.3) is 65.3 Å². The van der Waals surface area contributed by atoms with Crippen molar-refractivity contribution in [2.24, 2.45) is 0 Å². The van der Waals surface area contributed by atoms with Crippen molar-refractivity contribution in [2.75, 3.05) is 0 Å². The minimum absolute atomic E-state index is 0.914. The molecule has 0 bridgehead atoms. The first-order valence-corrected chi connectivity index (χ1v) is 12.0. The first-order chi connectivity index (χ1) is 17.3. The molecule has 0 aromatic heterocycles. The van der Waals surface area contributed by atoms with E-state index in [-0.39, 0.29) is 0 Å². The maximum absolute atomic E-state index is 6.33. The molecule has 0 saturated heterocycles. The lowest BCUT2D eigenvalue weighted by Crippen LogP contribution is -1.97. The first-order valence-electron chi connectivity index (χ1n) is 12.0. The highest BCUT2D eigenvalue weighted by molar-refractivity contribution is 6.15. The Labute approximate surface area is 202 Å². The number of benzene rings is 7. The van der Waals surface area contributed by atoms with Crippen LogP contribution in [0.3, 0.4) is 0 Å². The summed E-state index contributed by atoms with van der Waals surface area (Å²) in [6.45, 7) is 0. The average molecular weight is 445 g/mol. The molecule has 8 rings (SSSR count). The van der Waals surface area contributed by atoms with Crippen molar-refractivity contribution in [3.8, 4) is 33.8 Å². The van der Waals surface area contributed by atoms with Crippen LogP contribution in [0.5, 0.6) is 11.5 Å². The molecule has 0 saturated carbocycles. The van der Waals surface area contributed by atoms with Crippen LogP contribution in [0.4, 0.5) is 0 Å². The highest BCUT2D eigenvalue weighted by Gasteiger charge is 2.20. The van der Waals surface area contributed by atoms with E-state index in [1.54, 1.807) is 0 Å². The Bertz CT molecular complexity index is 1970. The standard InChI is InChI=1S/C34H20O/c1-2-7-23-19-30-24(18-22(23)6-1)14-16-28-26(10-5-11-27(28)30)25-15-17-32-31(20-25)29-12-3-8-21-9-4-13-33(35-32)34(21)29/h1-20H. The molecule has 162 valence electrons. The van der Waals surface area contributed by atoms with Gasteiger partial charge in [0.15, 0.2) is 0 Å². The Balaban J connectivity index is 1.37. The van der Waals surface area contributed by atoms with E-state index in [2.05, 4.69) is 121 Å². The van der Waals surface area contributed by atoms with Crippen molar-refractivity contribution in [3.05, 3.63) is 121 Å². The topological polar surface area (TPSA) is 9.23 Å². The van der Waals surface area contributed by atoms with E-state index in [0.717, 1.165) is 17.1 Å². The molecule has 1 nitrogen and oxygen atoms in total. The molecule has 0 fully saturated rings. The zero-order valence-electron chi connectivity index (χ0n) is 19.0. The van der Waals surface area contributed by atoms with Gasteiger partial charge in [0.1, 0.15) is 11.5 Å². The van der Waals surface area contributed by atoms with Crippen molar-refractivity contribution in [2.45, 2.75) is 0 Å². The van der Waals surface area contributed by atoms with Gasteiger partial charge in [-0.15, -0.1) is 0 Å². The lowest BCUT2D eigenvalue weighted by atomic mass is 9.90. The van der Waals surface area contributed by atoms with Gasteiger partial charge in [-0.2, -0.15) is 0 Å². The van der Waals surface area contributed by atoms with Crippen LogP contribution >= 0.6 is 0 Å². The second-order valence-corrected chi connectivity index (χ2v) is 9.36. The Kier molecular flexibility index (Phi) is 3.72. The quantitative estimate of drug-likeness (QED) is 0.181. The van der Waals surface area contributed by atoms with Gasteiger partial charge >= 0.3 is 0 Å². The molecule has 0 aliphatic carbocycles. The third-order valence-corrected chi connectivity index (χ3v) is 7.41. The Morgan fingerprint density at radius 1 is 0.371 bits per heavy atom. The molecule has 1 heteroatoms. The molecule has 1 heterocycles. The van der Waals surface area contributed by atoms with Crippen LogP contribution in [-0.4, -0.2) is 0 Å². The van der Waals surface area contributed by atoms with Crippen molar-refractivity contribution in [1.82, 2.24) is 0 Å². The Hall–Kier alpha value is -4.62. The third kappa shape index (κ3) is 2.70. The van der Waals surface area contributed by atoms with Crippen molar-refractivity contribution >= 4 is 43.1 Å². The Morgan fingerprint density at radius 3 is 2.06 bits per heavy atom.